The van der Waals surface area contributed by atoms with E-state index in [1.54, 1.807) is 12.3 Å². The molecule has 6 nitrogen and oxygen atoms in total. The van der Waals surface area contributed by atoms with Gasteiger partial charge in [-0.3, -0.25) is 14.1 Å². The third-order valence-corrected chi connectivity index (χ3v) is 7.53. The maximum atomic E-state index is 13.1. The second-order valence-corrected chi connectivity index (χ2v) is 10.1. The molecule has 1 amide bonds. The highest BCUT2D eigenvalue weighted by Gasteiger charge is 2.38. The first-order valence-electron chi connectivity index (χ1n) is 9.87. The number of sulfone groups is 1. The number of pyridine rings is 1. The van der Waals surface area contributed by atoms with Crippen LogP contribution in [0.15, 0.2) is 41.6 Å². The molecule has 1 aliphatic carbocycles. The third kappa shape index (κ3) is 3.20. The molecule has 1 aromatic carbocycles. The molecule has 10 heteroatoms. The number of rotatable bonds is 4. The minimum absolute atomic E-state index is 0.0437. The van der Waals surface area contributed by atoms with E-state index in [1.807, 2.05) is 6.07 Å². The summed E-state index contributed by atoms with van der Waals surface area (Å²) >= 11 is 0. The number of alkyl halides is 3. The van der Waals surface area contributed by atoms with Gasteiger partial charge in [0.2, 0.25) is 0 Å². The number of anilines is 1. The van der Waals surface area contributed by atoms with Crippen molar-refractivity contribution in [2.45, 2.75) is 43.4 Å². The number of hydrogen-bond acceptors (Lipinski definition) is 4. The molecular formula is C21H18F3N3O3S. The number of imidazole rings is 1. The summed E-state index contributed by atoms with van der Waals surface area (Å²) in [6.45, 7) is 1.46. The highest BCUT2D eigenvalue weighted by Crippen LogP contribution is 2.41. The molecule has 0 bridgehead atoms. The van der Waals surface area contributed by atoms with Crippen molar-refractivity contribution in [1.82, 2.24) is 9.38 Å². The van der Waals surface area contributed by atoms with Gasteiger partial charge in [-0.15, -0.1) is 0 Å². The fourth-order valence-corrected chi connectivity index (χ4v) is 5.09. The quantitative estimate of drug-likeness (QED) is 0.599. The van der Waals surface area contributed by atoms with Crippen LogP contribution in [0.3, 0.4) is 0 Å². The summed E-state index contributed by atoms with van der Waals surface area (Å²) < 4.78 is 66.7. The van der Waals surface area contributed by atoms with E-state index in [0.29, 0.717) is 17.1 Å². The first kappa shape index (κ1) is 20.0. The predicted octanol–water partition coefficient (Wildman–Crippen LogP) is 4.18. The molecular weight excluding hydrogens is 431 g/mol. The van der Waals surface area contributed by atoms with Gasteiger partial charge in [-0.2, -0.15) is 13.2 Å². The maximum Gasteiger partial charge on any atom is 0.416 e. The molecule has 0 radical (unpaired) electrons. The smallest absolute Gasteiger partial charge is 0.288 e. The monoisotopic (exact) mass is 449 g/mol. The summed E-state index contributed by atoms with van der Waals surface area (Å²) in [5, 5.41) is -0.107. The van der Waals surface area contributed by atoms with Gasteiger partial charge in [-0.25, -0.2) is 13.4 Å². The minimum Gasteiger partial charge on any atom is -0.288 e. The number of carbonyl (C=O) groups is 1. The lowest BCUT2D eigenvalue weighted by atomic mass is 10.1. The minimum atomic E-state index is -4.58. The first-order valence-corrected chi connectivity index (χ1v) is 11.5. The molecule has 162 valence electrons. The first-order chi connectivity index (χ1) is 14.6. The van der Waals surface area contributed by atoms with Crippen molar-refractivity contribution in [2.75, 3.05) is 10.7 Å². The highest BCUT2D eigenvalue weighted by molar-refractivity contribution is 7.91. The Morgan fingerprint density at radius 2 is 1.90 bits per heavy atom. The van der Waals surface area contributed by atoms with Crippen LogP contribution in [-0.4, -0.2) is 29.5 Å². The molecule has 0 spiro atoms. The molecule has 5 rings (SSSR count). The second-order valence-electron chi connectivity index (χ2n) is 7.87. The van der Waals surface area contributed by atoms with Crippen LogP contribution in [0.5, 0.6) is 0 Å². The zero-order valence-corrected chi connectivity index (χ0v) is 17.3. The fraction of sp³-hybridized carbons (Fsp3) is 0.333. The number of hydrogen-bond donors (Lipinski definition) is 0. The van der Waals surface area contributed by atoms with Gasteiger partial charge in [-0.05, 0) is 48.1 Å². The summed E-state index contributed by atoms with van der Waals surface area (Å²) in [4.78, 5) is 18.6. The lowest BCUT2D eigenvalue weighted by Crippen LogP contribution is -2.26. The van der Waals surface area contributed by atoms with Crippen molar-refractivity contribution >= 4 is 27.2 Å². The van der Waals surface area contributed by atoms with E-state index in [9.17, 15) is 26.4 Å². The Balaban J connectivity index is 1.66. The molecule has 2 aliphatic rings. The van der Waals surface area contributed by atoms with E-state index in [4.69, 9.17) is 0 Å². The van der Waals surface area contributed by atoms with Crippen LogP contribution in [0.2, 0.25) is 0 Å². The number of carbonyl (C=O) groups excluding carboxylic acids is 1. The second kappa shape index (κ2) is 6.56. The van der Waals surface area contributed by atoms with Gasteiger partial charge < -0.3 is 0 Å². The molecule has 3 aromatic rings. The Labute approximate surface area is 176 Å². The van der Waals surface area contributed by atoms with Gasteiger partial charge >= 0.3 is 6.18 Å². The Morgan fingerprint density at radius 3 is 2.55 bits per heavy atom. The van der Waals surface area contributed by atoms with E-state index in [-0.39, 0.29) is 28.7 Å². The SMILES string of the molecule is CCS(=O)(=O)c1c(N2Cc3ccc(C(F)(F)F)cc3C2=O)nc2ccc(C3CC3)cn12. The van der Waals surface area contributed by atoms with Gasteiger partial charge in [0.25, 0.3) is 5.91 Å². The predicted molar refractivity (Wildman–Crippen MR) is 107 cm³/mol. The molecule has 1 aliphatic heterocycles. The van der Waals surface area contributed by atoms with Crippen molar-refractivity contribution in [2.24, 2.45) is 0 Å². The number of nitrogens with zero attached hydrogens (tertiary/aromatic N) is 3. The zero-order chi connectivity index (χ0) is 22.1. The van der Waals surface area contributed by atoms with Crippen LogP contribution in [-0.2, 0) is 22.6 Å². The summed E-state index contributed by atoms with van der Waals surface area (Å²) in [7, 11) is -3.79. The normalized spacial score (nSPS) is 16.9. The van der Waals surface area contributed by atoms with Crippen LogP contribution in [0.1, 0.15) is 52.7 Å². The van der Waals surface area contributed by atoms with E-state index in [1.165, 1.54) is 17.4 Å². The number of aromatic nitrogens is 2. The lowest BCUT2D eigenvalue weighted by molar-refractivity contribution is -0.137. The number of benzene rings is 1. The van der Waals surface area contributed by atoms with Crippen LogP contribution in [0.4, 0.5) is 19.0 Å². The van der Waals surface area contributed by atoms with Crippen molar-refractivity contribution < 1.29 is 26.4 Å². The zero-order valence-electron chi connectivity index (χ0n) is 16.5. The highest BCUT2D eigenvalue weighted by atomic mass is 32.2. The third-order valence-electron chi connectivity index (χ3n) is 5.80. The molecule has 2 aromatic heterocycles. The molecule has 3 heterocycles. The standard InChI is InChI=1S/C21H18F3N3O3S/c1-2-31(29,30)20-18(25-17-8-6-13(10-26(17)20)12-3-4-12)27-11-14-5-7-15(21(22,23)24)9-16(14)19(27)28/h5-10,12H,2-4,11H2,1H3. The van der Waals surface area contributed by atoms with E-state index in [2.05, 4.69) is 4.98 Å². The summed E-state index contributed by atoms with van der Waals surface area (Å²) in [5.74, 6) is -0.566. The number of halogens is 3. The number of fused-ring (bicyclic) bond motifs is 2. The Bertz CT molecular complexity index is 1340. The van der Waals surface area contributed by atoms with E-state index >= 15 is 0 Å². The summed E-state index contributed by atoms with van der Waals surface area (Å²) in [6.07, 6.45) is -0.780. The van der Waals surface area contributed by atoms with E-state index in [0.717, 1.165) is 35.4 Å². The summed E-state index contributed by atoms with van der Waals surface area (Å²) in [6, 6.07) is 6.59. The Morgan fingerprint density at radius 1 is 1.16 bits per heavy atom. The summed E-state index contributed by atoms with van der Waals surface area (Å²) in [5.41, 5.74) is 0.743. The molecule has 0 unspecified atom stereocenters. The Hall–Kier alpha value is -2.88. The van der Waals surface area contributed by atoms with Gasteiger partial charge in [0, 0.05) is 11.8 Å². The van der Waals surface area contributed by atoms with E-state index < -0.39 is 27.5 Å². The molecule has 0 atom stereocenters. The van der Waals surface area contributed by atoms with Crippen molar-refractivity contribution in [3.05, 3.63) is 58.8 Å². The topological polar surface area (TPSA) is 71.8 Å². The molecule has 31 heavy (non-hydrogen) atoms. The van der Waals surface area contributed by atoms with Gasteiger partial charge in [0.05, 0.1) is 17.9 Å². The molecule has 1 fully saturated rings. The van der Waals surface area contributed by atoms with Crippen molar-refractivity contribution in [1.29, 1.82) is 0 Å². The average Bonchev–Trinajstić information content (AvgIpc) is 3.42. The molecule has 0 saturated heterocycles. The molecule has 0 N–H and O–H groups in total. The fourth-order valence-electron chi connectivity index (χ4n) is 3.94. The van der Waals surface area contributed by atoms with Crippen LogP contribution in [0.25, 0.3) is 5.65 Å². The molecule has 1 saturated carbocycles. The van der Waals surface area contributed by atoms with Gasteiger partial charge in [0.15, 0.2) is 20.7 Å². The van der Waals surface area contributed by atoms with Gasteiger partial charge in [-0.1, -0.05) is 19.1 Å². The number of amides is 1. The maximum absolute atomic E-state index is 13.1. The Kier molecular flexibility index (Phi) is 4.24. The van der Waals surface area contributed by atoms with Gasteiger partial charge in [0.1, 0.15) is 5.65 Å². The average molecular weight is 449 g/mol. The van der Waals surface area contributed by atoms with Crippen molar-refractivity contribution in [3.8, 4) is 0 Å². The van der Waals surface area contributed by atoms with Crippen LogP contribution < -0.4 is 4.90 Å². The largest absolute Gasteiger partial charge is 0.416 e. The lowest BCUT2D eigenvalue weighted by Gasteiger charge is -2.15. The van der Waals surface area contributed by atoms with Crippen molar-refractivity contribution in [3.63, 3.8) is 0 Å². The van der Waals surface area contributed by atoms with Crippen LogP contribution in [0, 0.1) is 0 Å². The van der Waals surface area contributed by atoms with Crippen LogP contribution >= 0.6 is 0 Å².